The van der Waals surface area contributed by atoms with Crippen LogP contribution in [0.15, 0.2) is 48.5 Å². The first-order valence-electron chi connectivity index (χ1n) is 10.7. The number of alkyl carbamates (subject to hydrolysis) is 1. The number of carbonyl (C=O) groups is 3. The first kappa shape index (κ1) is 23.7. The van der Waals surface area contributed by atoms with Gasteiger partial charge in [0.2, 0.25) is 5.91 Å². The number of rotatable bonds is 11. The Morgan fingerprint density at radius 1 is 1.06 bits per heavy atom. The number of fused-ring (bicyclic) bond motifs is 3. The molecular formula is C24H28N2O5S. The Labute approximate surface area is 191 Å². The average Bonchev–Trinajstić information content (AvgIpc) is 3.10. The highest BCUT2D eigenvalue weighted by Crippen LogP contribution is 2.44. The van der Waals surface area contributed by atoms with E-state index in [1.54, 1.807) is 0 Å². The maximum absolute atomic E-state index is 12.5. The van der Waals surface area contributed by atoms with Gasteiger partial charge in [-0.25, -0.2) is 4.79 Å². The fourth-order valence-electron chi connectivity index (χ4n) is 3.87. The van der Waals surface area contributed by atoms with Crippen LogP contribution in [0.25, 0.3) is 11.1 Å². The van der Waals surface area contributed by atoms with E-state index in [0.717, 1.165) is 28.7 Å². The van der Waals surface area contributed by atoms with Gasteiger partial charge in [-0.3, -0.25) is 9.59 Å². The second-order valence-corrected chi connectivity index (χ2v) is 8.65. The summed E-state index contributed by atoms with van der Waals surface area (Å²) in [5.74, 6) is -0.745. The molecule has 0 radical (unpaired) electrons. The molecule has 3 N–H and O–H groups in total. The monoisotopic (exact) mass is 456 g/mol. The molecule has 0 saturated heterocycles. The lowest BCUT2D eigenvalue weighted by Crippen LogP contribution is -2.47. The van der Waals surface area contributed by atoms with Crippen LogP contribution in [0.3, 0.4) is 0 Å². The molecule has 170 valence electrons. The first-order chi connectivity index (χ1) is 15.5. The molecule has 3 rings (SSSR count). The van der Waals surface area contributed by atoms with Crippen LogP contribution >= 0.6 is 11.8 Å². The third-order valence-electron chi connectivity index (χ3n) is 5.30. The molecule has 2 amide bonds. The van der Waals surface area contributed by atoms with Gasteiger partial charge in [-0.1, -0.05) is 61.9 Å². The molecular weight excluding hydrogens is 428 g/mol. The van der Waals surface area contributed by atoms with Crippen LogP contribution in [0.5, 0.6) is 0 Å². The third kappa shape index (κ3) is 6.03. The Morgan fingerprint density at radius 3 is 2.28 bits per heavy atom. The van der Waals surface area contributed by atoms with Gasteiger partial charge in [-0.15, -0.1) is 11.8 Å². The summed E-state index contributed by atoms with van der Waals surface area (Å²) in [5, 5.41) is 14.1. The number of hydrogen-bond acceptors (Lipinski definition) is 5. The van der Waals surface area contributed by atoms with Crippen LogP contribution in [0.4, 0.5) is 4.79 Å². The van der Waals surface area contributed by atoms with E-state index in [1.165, 1.54) is 11.8 Å². The molecule has 32 heavy (non-hydrogen) atoms. The molecule has 1 atom stereocenters. The van der Waals surface area contributed by atoms with E-state index in [1.807, 2.05) is 31.2 Å². The number of carboxylic acids is 1. The summed E-state index contributed by atoms with van der Waals surface area (Å²) in [4.78, 5) is 35.5. The van der Waals surface area contributed by atoms with Gasteiger partial charge < -0.3 is 20.5 Å². The number of hydrogen-bond donors (Lipinski definition) is 3. The molecule has 8 heteroatoms. The van der Waals surface area contributed by atoms with Crippen LogP contribution < -0.4 is 10.6 Å². The number of carbonyl (C=O) groups excluding carboxylic acids is 2. The molecule has 0 heterocycles. The lowest BCUT2D eigenvalue weighted by atomic mass is 9.98. The predicted molar refractivity (Wildman–Crippen MR) is 125 cm³/mol. The quantitative estimate of drug-likeness (QED) is 0.446. The zero-order valence-electron chi connectivity index (χ0n) is 18.0. The largest absolute Gasteiger partial charge is 0.481 e. The topological polar surface area (TPSA) is 105 Å². The molecule has 0 spiro atoms. The SMILES string of the molecule is CCCC(NC(=O)OCC1c2ccccc2-c2ccccc21)C(=O)NCCSCC(=O)O. The number of benzene rings is 2. The van der Waals surface area contributed by atoms with Crippen molar-refractivity contribution in [2.24, 2.45) is 0 Å². The minimum atomic E-state index is -0.887. The van der Waals surface area contributed by atoms with Crippen LogP contribution in [-0.4, -0.2) is 53.8 Å². The second kappa shape index (κ2) is 11.6. The summed E-state index contributed by atoms with van der Waals surface area (Å²) < 4.78 is 5.54. The molecule has 0 fully saturated rings. The van der Waals surface area contributed by atoms with E-state index in [0.29, 0.717) is 18.7 Å². The minimum Gasteiger partial charge on any atom is -0.481 e. The minimum absolute atomic E-state index is 0.00768. The van der Waals surface area contributed by atoms with Crippen LogP contribution in [-0.2, 0) is 14.3 Å². The van der Waals surface area contributed by atoms with Crippen LogP contribution in [0.1, 0.15) is 36.8 Å². The Morgan fingerprint density at radius 2 is 1.69 bits per heavy atom. The molecule has 2 aromatic rings. The molecule has 1 aliphatic rings. The van der Waals surface area contributed by atoms with E-state index in [-0.39, 0.29) is 24.2 Å². The van der Waals surface area contributed by atoms with Crippen molar-refractivity contribution in [3.8, 4) is 11.1 Å². The van der Waals surface area contributed by atoms with Crippen molar-refractivity contribution >= 4 is 29.7 Å². The number of thioether (sulfide) groups is 1. The zero-order valence-corrected chi connectivity index (χ0v) is 18.8. The summed E-state index contributed by atoms with van der Waals surface area (Å²) in [6, 6.07) is 15.5. The van der Waals surface area contributed by atoms with Crippen molar-refractivity contribution < 1.29 is 24.2 Å². The van der Waals surface area contributed by atoms with Gasteiger partial charge in [-0.05, 0) is 28.7 Å². The highest BCUT2D eigenvalue weighted by molar-refractivity contribution is 7.99. The molecule has 2 aromatic carbocycles. The Balaban J connectivity index is 1.53. The summed E-state index contributed by atoms with van der Waals surface area (Å²) >= 11 is 1.23. The summed E-state index contributed by atoms with van der Waals surface area (Å²) in [5.41, 5.74) is 4.56. The Kier molecular flexibility index (Phi) is 8.56. The molecule has 7 nitrogen and oxygen atoms in total. The van der Waals surface area contributed by atoms with Crippen molar-refractivity contribution in [1.82, 2.24) is 10.6 Å². The van der Waals surface area contributed by atoms with E-state index >= 15 is 0 Å². The summed E-state index contributed by atoms with van der Waals surface area (Å²) in [6.45, 7) is 2.46. The molecule has 0 aromatic heterocycles. The maximum Gasteiger partial charge on any atom is 0.407 e. The molecule has 0 saturated carbocycles. The summed E-state index contributed by atoms with van der Waals surface area (Å²) in [6.07, 6.45) is 0.578. The van der Waals surface area contributed by atoms with Gasteiger partial charge in [0.15, 0.2) is 0 Å². The smallest absolute Gasteiger partial charge is 0.407 e. The van der Waals surface area contributed by atoms with E-state index in [4.69, 9.17) is 9.84 Å². The molecule has 1 unspecified atom stereocenters. The normalized spacial score (nSPS) is 13.0. The Hall–Kier alpha value is -3.00. The molecule has 0 bridgehead atoms. The first-order valence-corrected chi connectivity index (χ1v) is 11.9. The molecule has 0 aliphatic heterocycles. The number of nitrogens with one attached hydrogen (secondary N) is 2. The molecule has 1 aliphatic carbocycles. The standard InChI is InChI=1S/C24H28N2O5S/c1-2-7-21(23(29)25-12-13-32-15-22(27)28)26-24(30)31-14-20-18-10-5-3-8-16(18)17-9-4-6-11-19(17)20/h3-6,8-11,20-21H,2,7,12-15H2,1H3,(H,25,29)(H,26,30)(H,27,28). The Bertz CT molecular complexity index is 919. The highest BCUT2D eigenvalue weighted by atomic mass is 32.2. The number of ether oxygens (including phenoxy) is 1. The van der Waals surface area contributed by atoms with E-state index < -0.39 is 18.1 Å². The highest BCUT2D eigenvalue weighted by Gasteiger charge is 2.29. The van der Waals surface area contributed by atoms with Crippen LogP contribution in [0, 0.1) is 0 Å². The maximum atomic E-state index is 12.5. The fourth-order valence-corrected chi connectivity index (χ4v) is 4.43. The number of carboxylic acid groups (broad SMARTS) is 1. The van der Waals surface area contributed by atoms with Gasteiger partial charge >= 0.3 is 12.1 Å². The van der Waals surface area contributed by atoms with Crippen molar-refractivity contribution in [2.75, 3.05) is 24.7 Å². The predicted octanol–water partition coefficient (Wildman–Crippen LogP) is 3.63. The van der Waals surface area contributed by atoms with Gasteiger partial charge in [-0.2, -0.15) is 0 Å². The van der Waals surface area contributed by atoms with Gasteiger partial charge in [0.25, 0.3) is 0 Å². The third-order valence-corrected chi connectivity index (χ3v) is 6.24. The van der Waals surface area contributed by atoms with E-state index in [2.05, 4.69) is 34.9 Å². The van der Waals surface area contributed by atoms with Crippen molar-refractivity contribution in [3.05, 3.63) is 59.7 Å². The van der Waals surface area contributed by atoms with E-state index in [9.17, 15) is 14.4 Å². The van der Waals surface area contributed by atoms with Crippen molar-refractivity contribution in [2.45, 2.75) is 31.7 Å². The average molecular weight is 457 g/mol. The van der Waals surface area contributed by atoms with Crippen molar-refractivity contribution in [3.63, 3.8) is 0 Å². The van der Waals surface area contributed by atoms with Crippen LogP contribution in [0.2, 0.25) is 0 Å². The second-order valence-electron chi connectivity index (χ2n) is 7.55. The fraction of sp³-hybridized carbons (Fsp3) is 0.375. The number of aliphatic carboxylic acids is 1. The van der Waals surface area contributed by atoms with Crippen molar-refractivity contribution in [1.29, 1.82) is 0 Å². The lowest BCUT2D eigenvalue weighted by Gasteiger charge is -2.19. The summed E-state index contributed by atoms with van der Waals surface area (Å²) in [7, 11) is 0. The zero-order chi connectivity index (χ0) is 22.9. The lowest BCUT2D eigenvalue weighted by molar-refractivity contribution is -0.133. The number of amides is 2. The van der Waals surface area contributed by atoms with Gasteiger partial charge in [0.05, 0.1) is 5.75 Å². The van der Waals surface area contributed by atoms with Gasteiger partial charge in [0, 0.05) is 18.2 Å². The van der Waals surface area contributed by atoms with Gasteiger partial charge in [0.1, 0.15) is 12.6 Å².